The number of hydrogen-bond donors (Lipinski definition) is 1. The molecule has 2 aliphatic rings. The van der Waals surface area contributed by atoms with E-state index in [0.717, 1.165) is 4.90 Å². The van der Waals surface area contributed by atoms with Crippen LogP contribution in [0.25, 0.3) is 0 Å². The Balaban J connectivity index is 1.80. The number of ether oxygens (including phenoxy) is 1. The fourth-order valence-corrected chi connectivity index (χ4v) is 2.71. The minimum absolute atomic E-state index is 0.298. The molecular weight excluding hydrogens is 300 g/mol. The quantitative estimate of drug-likeness (QED) is 0.430. The summed E-state index contributed by atoms with van der Waals surface area (Å²) in [5.74, 6) is -2.24. The van der Waals surface area contributed by atoms with Gasteiger partial charge in [-0.1, -0.05) is 26.0 Å². The van der Waals surface area contributed by atoms with Crippen LogP contribution in [0, 0.1) is 17.8 Å². The van der Waals surface area contributed by atoms with Gasteiger partial charge in [-0.15, -0.1) is 0 Å². The first-order chi connectivity index (χ1) is 10.9. The van der Waals surface area contributed by atoms with Gasteiger partial charge in [-0.2, -0.15) is 0 Å². The number of fused-ring (bicyclic) bond motifs is 1. The van der Waals surface area contributed by atoms with Crippen molar-refractivity contribution in [1.82, 2.24) is 10.2 Å². The van der Waals surface area contributed by atoms with E-state index >= 15 is 0 Å². The molecule has 1 aliphatic heterocycles. The molecule has 1 fully saturated rings. The molecule has 7 nitrogen and oxygen atoms in total. The highest BCUT2D eigenvalue weighted by Gasteiger charge is 2.47. The standard InChI is InChI=1S/C16H22N2O5/c1-10(2)7-17-13(19)9-23-14(20)8-18-15(21)11-5-3-4-6-12(11)16(18)22/h3-4,10-12H,5-9H2,1-2H3,(H,17,19)/t11-,12+. The van der Waals surface area contributed by atoms with Crippen molar-refractivity contribution in [2.24, 2.45) is 17.8 Å². The van der Waals surface area contributed by atoms with Gasteiger partial charge in [0.1, 0.15) is 6.54 Å². The van der Waals surface area contributed by atoms with E-state index in [1.807, 2.05) is 26.0 Å². The third-order valence-electron chi connectivity index (χ3n) is 3.96. The maximum Gasteiger partial charge on any atom is 0.326 e. The van der Waals surface area contributed by atoms with Crippen LogP contribution in [-0.2, 0) is 23.9 Å². The van der Waals surface area contributed by atoms with Crippen LogP contribution in [0.4, 0.5) is 0 Å². The maximum atomic E-state index is 12.2. The van der Waals surface area contributed by atoms with Crippen molar-refractivity contribution in [3.05, 3.63) is 12.2 Å². The van der Waals surface area contributed by atoms with Gasteiger partial charge >= 0.3 is 5.97 Å². The molecule has 23 heavy (non-hydrogen) atoms. The molecule has 0 saturated carbocycles. The van der Waals surface area contributed by atoms with E-state index in [1.165, 1.54) is 0 Å². The van der Waals surface area contributed by atoms with Gasteiger partial charge in [0.2, 0.25) is 11.8 Å². The van der Waals surface area contributed by atoms with Crippen molar-refractivity contribution in [2.75, 3.05) is 19.7 Å². The van der Waals surface area contributed by atoms with Gasteiger partial charge in [-0.3, -0.25) is 24.1 Å². The molecule has 0 radical (unpaired) electrons. The van der Waals surface area contributed by atoms with Crippen LogP contribution in [0.15, 0.2) is 12.2 Å². The highest BCUT2D eigenvalue weighted by atomic mass is 16.5. The van der Waals surface area contributed by atoms with E-state index < -0.39 is 25.0 Å². The van der Waals surface area contributed by atoms with Crippen LogP contribution in [0.5, 0.6) is 0 Å². The van der Waals surface area contributed by atoms with Crippen LogP contribution in [0.1, 0.15) is 26.7 Å². The Labute approximate surface area is 135 Å². The van der Waals surface area contributed by atoms with Crippen molar-refractivity contribution in [3.8, 4) is 0 Å². The summed E-state index contributed by atoms with van der Waals surface area (Å²) in [7, 11) is 0. The molecule has 1 N–H and O–H groups in total. The number of amides is 3. The summed E-state index contributed by atoms with van der Waals surface area (Å²) < 4.78 is 4.84. The van der Waals surface area contributed by atoms with Gasteiger partial charge in [0.25, 0.3) is 5.91 Å². The third kappa shape index (κ3) is 4.18. The van der Waals surface area contributed by atoms with E-state index in [2.05, 4.69) is 5.32 Å². The van der Waals surface area contributed by atoms with E-state index in [-0.39, 0.29) is 23.7 Å². The Morgan fingerprint density at radius 2 is 1.78 bits per heavy atom. The van der Waals surface area contributed by atoms with Crippen molar-refractivity contribution in [1.29, 1.82) is 0 Å². The predicted molar refractivity (Wildman–Crippen MR) is 80.9 cm³/mol. The number of hydrogen-bond acceptors (Lipinski definition) is 5. The predicted octanol–water partition coefficient (Wildman–Crippen LogP) is 0.253. The topological polar surface area (TPSA) is 92.8 Å². The van der Waals surface area contributed by atoms with E-state index in [9.17, 15) is 19.2 Å². The first kappa shape index (κ1) is 17.2. The lowest BCUT2D eigenvalue weighted by Gasteiger charge is -2.14. The summed E-state index contributed by atoms with van der Waals surface area (Å²) in [6, 6.07) is 0. The van der Waals surface area contributed by atoms with Crippen LogP contribution in [0.2, 0.25) is 0 Å². The molecule has 7 heteroatoms. The van der Waals surface area contributed by atoms with Crippen LogP contribution >= 0.6 is 0 Å². The molecule has 1 aliphatic carbocycles. The van der Waals surface area contributed by atoms with E-state index in [0.29, 0.717) is 25.3 Å². The van der Waals surface area contributed by atoms with Crippen LogP contribution in [-0.4, -0.2) is 48.3 Å². The Morgan fingerprint density at radius 1 is 1.22 bits per heavy atom. The molecule has 2 rings (SSSR count). The zero-order chi connectivity index (χ0) is 17.0. The minimum Gasteiger partial charge on any atom is -0.454 e. The number of carbonyl (C=O) groups excluding carboxylic acids is 4. The average molecular weight is 322 g/mol. The molecular formula is C16H22N2O5. The number of likely N-dealkylation sites (tertiary alicyclic amines) is 1. The first-order valence-corrected chi connectivity index (χ1v) is 7.82. The number of allylic oxidation sites excluding steroid dienone is 2. The highest BCUT2D eigenvalue weighted by Crippen LogP contribution is 2.34. The SMILES string of the molecule is CC(C)CNC(=O)COC(=O)CN1C(=O)[C@H]2CC=CC[C@H]2C1=O. The summed E-state index contributed by atoms with van der Waals surface area (Å²) in [5, 5.41) is 2.62. The third-order valence-corrected chi connectivity index (χ3v) is 3.96. The lowest BCUT2D eigenvalue weighted by Crippen LogP contribution is -2.38. The average Bonchev–Trinajstić information content (AvgIpc) is 2.76. The zero-order valence-electron chi connectivity index (χ0n) is 13.4. The second-order valence-electron chi connectivity index (χ2n) is 6.28. The molecule has 1 heterocycles. The summed E-state index contributed by atoms with van der Waals surface area (Å²) in [6.07, 6.45) is 4.82. The molecule has 0 bridgehead atoms. The van der Waals surface area contributed by atoms with Gasteiger partial charge < -0.3 is 10.1 Å². The summed E-state index contributed by atoms with van der Waals surface area (Å²) in [5.41, 5.74) is 0. The number of rotatable bonds is 6. The fraction of sp³-hybridized carbons (Fsp3) is 0.625. The second-order valence-corrected chi connectivity index (χ2v) is 6.28. The maximum absolute atomic E-state index is 12.2. The number of nitrogens with one attached hydrogen (secondary N) is 1. The Morgan fingerprint density at radius 3 is 2.30 bits per heavy atom. The number of nitrogens with zero attached hydrogens (tertiary/aromatic N) is 1. The number of imide groups is 1. The van der Waals surface area contributed by atoms with Gasteiger partial charge in [0.15, 0.2) is 6.61 Å². The molecule has 0 aromatic carbocycles. The second kappa shape index (κ2) is 7.39. The molecule has 0 unspecified atom stereocenters. The largest absolute Gasteiger partial charge is 0.454 e. The highest BCUT2D eigenvalue weighted by molar-refractivity contribution is 6.07. The van der Waals surface area contributed by atoms with Crippen LogP contribution in [0.3, 0.4) is 0 Å². The normalized spacial score (nSPS) is 23.2. The van der Waals surface area contributed by atoms with E-state index in [4.69, 9.17) is 4.74 Å². The Kier molecular flexibility index (Phi) is 5.52. The molecule has 3 amide bonds. The van der Waals surface area contributed by atoms with Crippen molar-refractivity contribution in [2.45, 2.75) is 26.7 Å². The summed E-state index contributed by atoms with van der Waals surface area (Å²) >= 11 is 0. The number of esters is 1. The zero-order valence-corrected chi connectivity index (χ0v) is 13.4. The summed E-state index contributed by atoms with van der Waals surface area (Å²) in [6.45, 7) is 3.56. The monoisotopic (exact) mass is 322 g/mol. The lowest BCUT2D eigenvalue weighted by atomic mass is 9.85. The molecule has 0 spiro atoms. The van der Waals surface area contributed by atoms with Crippen LogP contribution < -0.4 is 5.32 Å². The Hall–Kier alpha value is -2.18. The molecule has 0 aromatic heterocycles. The molecule has 0 aromatic rings. The van der Waals surface area contributed by atoms with Crippen molar-refractivity contribution >= 4 is 23.7 Å². The van der Waals surface area contributed by atoms with Gasteiger partial charge in [0.05, 0.1) is 11.8 Å². The van der Waals surface area contributed by atoms with Crippen molar-refractivity contribution in [3.63, 3.8) is 0 Å². The first-order valence-electron chi connectivity index (χ1n) is 7.82. The van der Waals surface area contributed by atoms with Crippen molar-refractivity contribution < 1.29 is 23.9 Å². The molecule has 2 atom stereocenters. The smallest absolute Gasteiger partial charge is 0.326 e. The number of carbonyl (C=O) groups is 4. The lowest BCUT2D eigenvalue weighted by molar-refractivity contribution is -0.154. The Bertz CT molecular complexity index is 515. The molecule has 126 valence electrons. The van der Waals surface area contributed by atoms with Gasteiger partial charge in [0, 0.05) is 6.54 Å². The summed E-state index contributed by atoms with van der Waals surface area (Å²) in [4.78, 5) is 48.6. The van der Waals surface area contributed by atoms with Gasteiger partial charge in [-0.05, 0) is 18.8 Å². The van der Waals surface area contributed by atoms with E-state index in [1.54, 1.807) is 0 Å². The fourth-order valence-electron chi connectivity index (χ4n) is 2.71. The van der Waals surface area contributed by atoms with Gasteiger partial charge in [-0.25, -0.2) is 0 Å². The molecule has 1 saturated heterocycles. The minimum atomic E-state index is -0.752.